The third-order valence-corrected chi connectivity index (χ3v) is 7.48. The highest BCUT2D eigenvalue weighted by Gasteiger charge is 2.34. The molecule has 4 aromatic rings. The number of nitrogen functional groups attached to an aromatic ring is 1. The van der Waals surface area contributed by atoms with Gasteiger partial charge in [0, 0.05) is 46.6 Å². The first kappa shape index (κ1) is 24.5. The zero-order valence-electron chi connectivity index (χ0n) is 21.4. The Labute approximate surface area is 218 Å². The molecule has 0 aliphatic heterocycles. The minimum absolute atomic E-state index is 0.0306. The number of aliphatic hydroxyl groups excluding tert-OH is 1. The number of anilines is 1. The lowest BCUT2D eigenvalue weighted by atomic mass is 10.0. The van der Waals surface area contributed by atoms with E-state index in [0.717, 1.165) is 65.8 Å². The van der Waals surface area contributed by atoms with Crippen molar-refractivity contribution in [3.05, 3.63) is 65.1 Å². The molecular weight excluding hydrogens is 488 g/mol. The fourth-order valence-corrected chi connectivity index (χ4v) is 5.05. The maximum Gasteiger partial charge on any atom is 0.263 e. The molecule has 10 heteroatoms. The van der Waals surface area contributed by atoms with Crippen LogP contribution in [0.5, 0.6) is 0 Å². The number of nitrogens with one attached hydrogen (secondary N) is 1. The number of hydrogen-bond donors (Lipinski definition) is 3. The van der Waals surface area contributed by atoms with Gasteiger partial charge in [0.1, 0.15) is 17.2 Å². The van der Waals surface area contributed by atoms with Crippen LogP contribution in [0.15, 0.2) is 42.6 Å². The summed E-state index contributed by atoms with van der Waals surface area (Å²) in [7, 11) is 0. The van der Waals surface area contributed by atoms with Crippen molar-refractivity contribution in [2.45, 2.75) is 58.6 Å². The van der Waals surface area contributed by atoms with E-state index in [0.29, 0.717) is 23.2 Å². The molecule has 2 fully saturated rings. The third kappa shape index (κ3) is 4.64. The second-order valence-electron chi connectivity index (χ2n) is 10.5. The molecule has 1 atom stereocenters. The summed E-state index contributed by atoms with van der Waals surface area (Å²) < 4.78 is 29.9. The highest BCUT2D eigenvalue weighted by Crippen LogP contribution is 2.43. The normalized spacial score (nSPS) is 16.3. The van der Waals surface area contributed by atoms with Gasteiger partial charge in [-0.2, -0.15) is 10.2 Å². The first-order valence-corrected chi connectivity index (χ1v) is 13.0. The molecule has 2 aliphatic rings. The number of nitrogens with two attached hydrogens (primary N) is 1. The van der Waals surface area contributed by atoms with Crippen molar-refractivity contribution in [1.29, 1.82) is 0 Å². The van der Waals surface area contributed by atoms with Crippen LogP contribution >= 0.6 is 0 Å². The number of aromatic nitrogens is 6. The fraction of sp³-hybridized carbons (Fsp3) is 0.393. The molecule has 0 amide bonds. The molecular formula is C28H31F2N7O. The summed E-state index contributed by atoms with van der Waals surface area (Å²) in [5, 5.41) is 21.1. The molecule has 1 unspecified atom stereocenters. The number of hydrogen-bond acceptors (Lipinski definition) is 5. The van der Waals surface area contributed by atoms with Gasteiger partial charge in [-0.25, -0.2) is 23.1 Å². The topological polar surface area (TPSA) is 111 Å². The second-order valence-corrected chi connectivity index (χ2v) is 10.5. The van der Waals surface area contributed by atoms with Crippen LogP contribution in [-0.2, 0) is 6.54 Å². The molecule has 0 spiro atoms. The third-order valence-electron chi connectivity index (χ3n) is 7.48. The minimum Gasteiger partial charge on any atom is -0.388 e. The molecule has 3 aromatic heterocycles. The molecule has 0 radical (unpaired) electrons. The van der Waals surface area contributed by atoms with Crippen LogP contribution < -0.4 is 5.73 Å². The SMILES string of the molecule is Cc1nn(-c2cc(N)[nH]c3c(ccn2)c(-c2ccc(C(F)F)cc2)nn3CC2CC2)c(C)c1C(O)C1CC1. The van der Waals surface area contributed by atoms with Crippen LogP contribution in [0.2, 0.25) is 0 Å². The second kappa shape index (κ2) is 9.50. The van der Waals surface area contributed by atoms with Gasteiger partial charge in [-0.05, 0) is 57.4 Å². The monoisotopic (exact) mass is 519 g/mol. The van der Waals surface area contributed by atoms with Gasteiger partial charge >= 0.3 is 0 Å². The lowest BCUT2D eigenvalue weighted by molar-refractivity contribution is 0.151. The van der Waals surface area contributed by atoms with Crippen LogP contribution in [0.1, 0.15) is 60.7 Å². The smallest absolute Gasteiger partial charge is 0.263 e. The first-order chi connectivity index (χ1) is 18.3. The van der Waals surface area contributed by atoms with Gasteiger partial charge in [-0.3, -0.25) is 0 Å². The summed E-state index contributed by atoms with van der Waals surface area (Å²) in [5.41, 5.74) is 11.0. The molecule has 1 aromatic carbocycles. The predicted octanol–water partition coefficient (Wildman–Crippen LogP) is 5.73. The Kier molecular flexibility index (Phi) is 6.14. The molecule has 0 bridgehead atoms. The lowest BCUT2D eigenvalue weighted by Crippen LogP contribution is -2.05. The van der Waals surface area contributed by atoms with Gasteiger partial charge in [0.15, 0.2) is 5.82 Å². The van der Waals surface area contributed by atoms with Crippen LogP contribution in [0.4, 0.5) is 14.6 Å². The van der Waals surface area contributed by atoms with Crippen molar-refractivity contribution in [2.24, 2.45) is 11.8 Å². The zero-order chi connectivity index (χ0) is 26.6. The Morgan fingerprint density at radius 2 is 1.82 bits per heavy atom. The van der Waals surface area contributed by atoms with E-state index in [9.17, 15) is 13.9 Å². The van der Waals surface area contributed by atoms with E-state index in [1.807, 2.05) is 24.6 Å². The Balaban J connectivity index is 1.49. The molecule has 0 saturated heterocycles. The van der Waals surface area contributed by atoms with E-state index in [1.165, 1.54) is 12.1 Å². The van der Waals surface area contributed by atoms with Crippen LogP contribution in [0, 0.1) is 25.7 Å². The number of H-pyrrole nitrogens is 1. The van der Waals surface area contributed by atoms with Gasteiger partial charge in [0.25, 0.3) is 6.43 Å². The zero-order valence-corrected chi connectivity index (χ0v) is 21.4. The van der Waals surface area contributed by atoms with E-state index in [4.69, 9.17) is 10.8 Å². The summed E-state index contributed by atoms with van der Waals surface area (Å²) in [6.45, 7) is 4.56. The van der Waals surface area contributed by atoms with Crippen LogP contribution in [0.25, 0.3) is 28.1 Å². The number of alkyl halides is 2. The summed E-state index contributed by atoms with van der Waals surface area (Å²) in [4.78, 5) is 7.99. The van der Waals surface area contributed by atoms with Gasteiger partial charge in [0.2, 0.25) is 0 Å². The summed E-state index contributed by atoms with van der Waals surface area (Å²) in [5.74, 6) is 1.71. The maximum atomic E-state index is 13.1. The highest BCUT2D eigenvalue weighted by molar-refractivity contribution is 5.91. The Hall–Kier alpha value is -3.79. The van der Waals surface area contributed by atoms with E-state index in [-0.39, 0.29) is 11.5 Å². The van der Waals surface area contributed by atoms with Gasteiger partial charge in [-0.1, -0.05) is 24.3 Å². The van der Waals surface area contributed by atoms with Crippen LogP contribution in [-0.4, -0.2) is 34.6 Å². The number of benzene rings is 1. The van der Waals surface area contributed by atoms with Crippen molar-refractivity contribution in [1.82, 2.24) is 29.5 Å². The average Bonchev–Trinajstić information content (AvgIpc) is 3.81. The number of halogens is 2. The molecule has 2 saturated carbocycles. The van der Waals surface area contributed by atoms with Crippen molar-refractivity contribution >= 4 is 16.9 Å². The number of nitrogens with zero attached hydrogens (tertiary/aromatic N) is 5. The summed E-state index contributed by atoms with van der Waals surface area (Å²) >= 11 is 0. The molecule has 3 heterocycles. The molecule has 8 nitrogen and oxygen atoms in total. The molecule has 2 aliphatic carbocycles. The van der Waals surface area contributed by atoms with Crippen molar-refractivity contribution in [2.75, 3.05) is 5.73 Å². The summed E-state index contributed by atoms with van der Waals surface area (Å²) in [6, 6.07) is 9.77. The molecule has 6 rings (SSSR count). The number of rotatable bonds is 7. The minimum atomic E-state index is -2.53. The van der Waals surface area contributed by atoms with Crippen molar-refractivity contribution < 1.29 is 13.9 Å². The molecule has 38 heavy (non-hydrogen) atoms. The van der Waals surface area contributed by atoms with Crippen molar-refractivity contribution in [3.63, 3.8) is 0 Å². The van der Waals surface area contributed by atoms with E-state index < -0.39 is 12.5 Å². The van der Waals surface area contributed by atoms with E-state index in [1.54, 1.807) is 29.1 Å². The first-order valence-electron chi connectivity index (χ1n) is 13.0. The molecule has 198 valence electrons. The van der Waals surface area contributed by atoms with Gasteiger partial charge in [0.05, 0.1) is 11.8 Å². The Morgan fingerprint density at radius 1 is 1.08 bits per heavy atom. The predicted molar refractivity (Wildman–Crippen MR) is 141 cm³/mol. The fourth-order valence-electron chi connectivity index (χ4n) is 5.05. The standard InChI is InChI=1S/C28H31F2N7O/c1-15-24(26(38)19-7-8-19)16(2)37(34-15)23-13-22(31)33-28-21(11-12-32-23)25(35-36(28)14-17-3-4-17)18-5-9-20(10-6-18)27(29)30/h5-6,9-13,17,19,26-27,33,38H,3-4,7-8,14,31H2,1-2H3. The van der Waals surface area contributed by atoms with E-state index >= 15 is 0 Å². The lowest BCUT2D eigenvalue weighted by Gasteiger charge is -2.10. The largest absolute Gasteiger partial charge is 0.388 e. The summed E-state index contributed by atoms with van der Waals surface area (Å²) in [6.07, 6.45) is 2.96. The number of aliphatic hydroxyl groups is 1. The number of fused-ring (bicyclic) bond motifs is 1. The van der Waals surface area contributed by atoms with Crippen molar-refractivity contribution in [3.8, 4) is 17.1 Å². The van der Waals surface area contributed by atoms with Gasteiger partial charge in [-0.15, -0.1) is 0 Å². The molecule has 4 N–H and O–H groups in total. The highest BCUT2D eigenvalue weighted by atomic mass is 19.3. The quantitative estimate of drug-likeness (QED) is 0.289. The Bertz CT molecular complexity index is 1540. The average molecular weight is 520 g/mol. The Morgan fingerprint density at radius 3 is 2.47 bits per heavy atom. The maximum absolute atomic E-state index is 13.1. The van der Waals surface area contributed by atoms with Crippen LogP contribution in [0.3, 0.4) is 0 Å². The number of aromatic amines is 1. The van der Waals surface area contributed by atoms with Gasteiger partial charge < -0.3 is 15.8 Å². The number of aryl methyl sites for hydroxylation is 1. The van der Waals surface area contributed by atoms with E-state index in [2.05, 4.69) is 15.1 Å².